The fourth-order valence-corrected chi connectivity index (χ4v) is 12.7. The van der Waals surface area contributed by atoms with Gasteiger partial charge in [-0.25, -0.2) is 0 Å². The average molecular weight is 913 g/mol. The van der Waals surface area contributed by atoms with Crippen molar-refractivity contribution in [3.63, 3.8) is 0 Å². The van der Waals surface area contributed by atoms with E-state index >= 15 is 0 Å². The van der Waals surface area contributed by atoms with Crippen LogP contribution in [0.15, 0.2) is 96.7 Å². The molecule has 66 heavy (non-hydrogen) atoms. The summed E-state index contributed by atoms with van der Waals surface area (Å²) in [6.07, 6.45) is 46.3. The summed E-state index contributed by atoms with van der Waals surface area (Å²) in [6, 6.07) is 0. The molecule has 4 fully saturated rings. The molecule has 3 N–H and O–H groups in total. The third-order valence-electron chi connectivity index (χ3n) is 16.8. The van der Waals surface area contributed by atoms with Crippen molar-refractivity contribution < 1.29 is 34.3 Å². The zero-order valence-electron chi connectivity index (χ0n) is 42.3. The van der Waals surface area contributed by atoms with Crippen LogP contribution in [-0.4, -0.2) is 64.7 Å². The quantitative estimate of drug-likeness (QED) is 0.0476. The van der Waals surface area contributed by atoms with Gasteiger partial charge < -0.3 is 29.5 Å². The lowest BCUT2D eigenvalue weighted by atomic mass is 9.47. The minimum Gasteiger partial charge on any atom is -0.463 e. The highest BCUT2D eigenvalue weighted by Crippen LogP contribution is 2.67. The smallest absolute Gasteiger partial charge is 0.305 e. The Hall–Kier alpha value is -2.81. The minimum atomic E-state index is -1.47. The average Bonchev–Trinajstić information content (AvgIpc) is 3.66. The van der Waals surface area contributed by atoms with Crippen LogP contribution in [0.1, 0.15) is 170 Å². The van der Waals surface area contributed by atoms with Crippen LogP contribution in [0, 0.1) is 52.3 Å². The maximum absolute atomic E-state index is 12.7. The molecule has 5 rings (SSSR count). The predicted octanol–water partition coefficient (Wildman–Crippen LogP) is 13.4. The number of carbonyl (C=O) groups excluding carboxylic acids is 1. The lowest BCUT2D eigenvalue weighted by Gasteiger charge is -2.58. The Morgan fingerprint density at radius 3 is 2.02 bits per heavy atom. The number of rotatable bonds is 25. The van der Waals surface area contributed by atoms with E-state index in [2.05, 4.69) is 140 Å². The second-order valence-corrected chi connectivity index (χ2v) is 21.4. The third-order valence-corrected chi connectivity index (χ3v) is 16.8. The molecule has 0 aromatic carbocycles. The standard InChI is InChI=1S/C59H92O7/c1-8-10-11-12-13-14-15-16-17-18-19-20-21-22-23-24-25-26-27-28-29-30-53(60)64-42-52-54(61)55(62)56(63)57(66-52)65-47-37-39-58(6)46(41-47)33-34-48-50-36-35-49(59(50,7)40-38-51(48)58)44(5)31-32-45(9-2)43(3)4/h10-11,13-14,16-17,19-20,22-23,25-26,31-33,43-45,47-52,54-57,61-63H,8-9,12,15,18,21,24,27-30,34-42H2,1-7H3/b11-10-,14-13-,17-16-,20-19-,23-22-,26-25-,32-31+. The topological polar surface area (TPSA) is 105 Å². The summed E-state index contributed by atoms with van der Waals surface area (Å²) in [4.78, 5) is 12.7. The Morgan fingerprint density at radius 1 is 0.758 bits per heavy atom. The highest BCUT2D eigenvalue weighted by atomic mass is 16.7. The summed E-state index contributed by atoms with van der Waals surface area (Å²) < 4.78 is 18.0. The number of fused-ring (bicyclic) bond motifs is 5. The summed E-state index contributed by atoms with van der Waals surface area (Å²) >= 11 is 0. The van der Waals surface area contributed by atoms with Crippen molar-refractivity contribution >= 4 is 5.97 Å². The lowest BCUT2D eigenvalue weighted by Crippen LogP contribution is -2.60. The van der Waals surface area contributed by atoms with Crippen LogP contribution < -0.4 is 0 Å². The van der Waals surface area contributed by atoms with Crippen LogP contribution in [0.4, 0.5) is 0 Å². The Balaban J connectivity index is 0.987. The molecule has 7 nitrogen and oxygen atoms in total. The van der Waals surface area contributed by atoms with Crippen molar-refractivity contribution in [1.29, 1.82) is 0 Å². The Kier molecular flexibility index (Phi) is 22.5. The van der Waals surface area contributed by atoms with Crippen LogP contribution in [0.5, 0.6) is 0 Å². The molecule has 370 valence electrons. The van der Waals surface area contributed by atoms with E-state index in [0.717, 1.165) is 94.8 Å². The summed E-state index contributed by atoms with van der Waals surface area (Å²) in [5, 5.41) is 32.6. The van der Waals surface area contributed by atoms with Crippen molar-refractivity contribution in [2.45, 2.75) is 207 Å². The first-order chi connectivity index (χ1) is 31.8. The fraction of sp³-hybridized carbons (Fsp3) is 0.712. The zero-order valence-corrected chi connectivity index (χ0v) is 42.3. The van der Waals surface area contributed by atoms with Crippen LogP contribution in [-0.2, 0) is 19.0 Å². The van der Waals surface area contributed by atoms with Gasteiger partial charge in [0, 0.05) is 6.42 Å². The van der Waals surface area contributed by atoms with Gasteiger partial charge in [-0.1, -0.05) is 145 Å². The minimum absolute atomic E-state index is 0.144. The van der Waals surface area contributed by atoms with Crippen molar-refractivity contribution in [2.75, 3.05) is 6.61 Å². The fourth-order valence-electron chi connectivity index (χ4n) is 12.7. The Bertz CT molecular complexity index is 1700. The molecular formula is C59H92O7. The summed E-state index contributed by atoms with van der Waals surface area (Å²) in [6.45, 7) is 16.6. The highest BCUT2D eigenvalue weighted by Gasteiger charge is 2.59. The van der Waals surface area contributed by atoms with Crippen molar-refractivity contribution in [3.05, 3.63) is 96.7 Å². The van der Waals surface area contributed by atoms with Gasteiger partial charge in [-0.2, -0.15) is 0 Å². The number of hydrogen-bond acceptors (Lipinski definition) is 7. The summed E-state index contributed by atoms with van der Waals surface area (Å²) in [7, 11) is 0. The van der Waals surface area contributed by atoms with E-state index in [1.165, 1.54) is 37.7 Å². The number of carbonyl (C=O) groups is 1. The normalized spacial score (nSPS) is 34.9. The number of aliphatic hydroxyl groups is 3. The Labute approximate surface area is 401 Å². The first-order valence-electron chi connectivity index (χ1n) is 26.6. The maximum Gasteiger partial charge on any atom is 0.305 e. The molecule has 0 radical (unpaired) electrons. The van der Waals surface area contributed by atoms with E-state index in [0.29, 0.717) is 35.5 Å². The van der Waals surface area contributed by atoms with Gasteiger partial charge >= 0.3 is 5.97 Å². The molecule has 7 heteroatoms. The monoisotopic (exact) mass is 913 g/mol. The van der Waals surface area contributed by atoms with Crippen LogP contribution in [0.2, 0.25) is 0 Å². The largest absolute Gasteiger partial charge is 0.463 e. The number of esters is 1. The number of allylic oxidation sites excluding steroid dienone is 15. The maximum atomic E-state index is 12.7. The van der Waals surface area contributed by atoms with Gasteiger partial charge in [0.25, 0.3) is 0 Å². The molecule has 3 saturated carbocycles. The first-order valence-corrected chi connectivity index (χ1v) is 26.6. The zero-order chi connectivity index (χ0) is 47.5. The van der Waals surface area contributed by atoms with Gasteiger partial charge in [0.05, 0.1) is 6.10 Å². The van der Waals surface area contributed by atoms with Gasteiger partial charge in [0.2, 0.25) is 0 Å². The van der Waals surface area contributed by atoms with Crippen molar-refractivity contribution in [2.24, 2.45) is 52.3 Å². The molecule has 0 amide bonds. The molecule has 0 spiro atoms. The van der Waals surface area contributed by atoms with Crippen LogP contribution >= 0.6 is 0 Å². The molecule has 14 unspecified atom stereocenters. The molecule has 1 saturated heterocycles. The SMILES string of the molecule is CC/C=C\C/C=C\C/C=C\C/C=C\C/C=C\C/C=C\CCCCC(=O)OCC1OC(OC2CCC3(C)C(=CCC4C3CCC3(C)C(C(C)/C=C/C(CC)C(C)C)CCC43)C2)C(O)C(O)C1O. The third kappa shape index (κ3) is 14.8. The molecule has 0 aromatic rings. The van der Waals surface area contributed by atoms with Crippen molar-refractivity contribution in [1.82, 2.24) is 0 Å². The molecular weight excluding hydrogens is 821 g/mol. The predicted molar refractivity (Wildman–Crippen MR) is 271 cm³/mol. The molecule has 1 heterocycles. The number of unbranched alkanes of at least 4 members (excludes halogenated alkanes) is 2. The second kappa shape index (κ2) is 27.4. The molecule has 14 atom stereocenters. The molecule has 1 aliphatic heterocycles. The molecule has 4 aliphatic carbocycles. The number of hydrogen-bond donors (Lipinski definition) is 3. The van der Waals surface area contributed by atoms with Crippen LogP contribution in [0.3, 0.4) is 0 Å². The molecule has 0 aromatic heterocycles. The first kappa shape index (κ1) is 54.1. The van der Waals surface area contributed by atoms with Gasteiger partial charge in [0.1, 0.15) is 31.0 Å². The van der Waals surface area contributed by atoms with E-state index in [9.17, 15) is 20.1 Å². The Morgan fingerprint density at radius 2 is 1.39 bits per heavy atom. The lowest BCUT2D eigenvalue weighted by molar-refractivity contribution is -0.313. The number of aliphatic hydroxyl groups excluding tert-OH is 3. The van der Waals surface area contributed by atoms with E-state index in [-0.39, 0.29) is 30.5 Å². The summed E-state index contributed by atoms with van der Waals surface area (Å²) in [5.74, 6) is 4.51. The second-order valence-electron chi connectivity index (χ2n) is 21.4. The number of ether oxygens (including phenoxy) is 3. The molecule has 0 bridgehead atoms. The highest BCUT2D eigenvalue weighted by molar-refractivity contribution is 5.69. The van der Waals surface area contributed by atoms with Gasteiger partial charge in [0.15, 0.2) is 6.29 Å². The summed E-state index contributed by atoms with van der Waals surface area (Å²) in [5.41, 5.74) is 2.02. The molecule has 5 aliphatic rings. The van der Waals surface area contributed by atoms with Gasteiger partial charge in [-0.05, 0) is 168 Å². The van der Waals surface area contributed by atoms with Crippen molar-refractivity contribution in [3.8, 4) is 0 Å². The van der Waals surface area contributed by atoms with E-state index < -0.39 is 30.7 Å². The van der Waals surface area contributed by atoms with Gasteiger partial charge in [-0.15, -0.1) is 0 Å². The van der Waals surface area contributed by atoms with E-state index in [1.54, 1.807) is 0 Å². The van der Waals surface area contributed by atoms with Gasteiger partial charge in [-0.3, -0.25) is 4.79 Å². The van der Waals surface area contributed by atoms with E-state index in [4.69, 9.17) is 14.2 Å². The van der Waals surface area contributed by atoms with Crippen LogP contribution in [0.25, 0.3) is 0 Å². The van der Waals surface area contributed by atoms with E-state index in [1.807, 2.05) is 0 Å².